The van der Waals surface area contributed by atoms with E-state index in [4.69, 9.17) is 15.2 Å². The van der Waals surface area contributed by atoms with Gasteiger partial charge >= 0.3 is 0 Å². The fraction of sp³-hybridized carbons (Fsp3) is 0.231. The number of anilines is 1. The van der Waals surface area contributed by atoms with Gasteiger partial charge in [0.15, 0.2) is 0 Å². The summed E-state index contributed by atoms with van der Waals surface area (Å²) in [6.07, 6.45) is 0. The predicted molar refractivity (Wildman–Crippen MR) is 82.3 cm³/mol. The van der Waals surface area contributed by atoms with Crippen molar-refractivity contribution in [3.05, 3.63) is 34.5 Å². The molecule has 0 radical (unpaired) electrons. The summed E-state index contributed by atoms with van der Waals surface area (Å²) in [7, 11) is -0.888. The van der Waals surface area contributed by atoms with Gasteiger partial charge in [-0.25, -0.2) is 13.1 Å². The normalized spacial score (nSPS) is 11.3. The first-order valence-corrected chi connectivity index (χ1v) is 8.42. The van der Waals surface area contributed by atoms with Crippen LogP contribution in [0.1, 0.15) is 5.56 Å². The third-order valence-electron chi connectivity index (χ3n) is 2.85. The van der Waals surface area contributed by atoms with Crippen LogP contribution in [0.15, 0.2) is 33.9 Å². The highest BCUT2D eigenvalue weighted by Crippen LogP contribution is 2.33. The van der Waals surface area contributed by atoms with Gasteiger partial charge in [-0.15, -0.1) is 0 Å². The molecule has 114 valence electrons. The molecular formula is C13H16N2O4S2. The first kappa shape index (κ1) is 15.6. The van der Waals surface area contributed by atoms with Crippen LogP contribution in [0.2, 0.25) is 0 Å². The largest absolute Gasteiger partial charge is 0.495 e. The molecule has 0 aliphatic rings. The van der Waals surface area contributed by atoms with Gasteiger partial charge in [-0.1, -0.05) is 0 Å². The summed E-state index contributed by atoms with van der Waals surface area (Å²) in [6.45, 7) is 0.209. The first-order chi connectivity index (χ1) is 9.97. The van der Waals surface area contributed by atoms with Gasteiger partial charge in [0.25, 0.3) is 0 Å². The minimum absolute atomic E-state index is 0.0153. The summed E-state index contributed by atoms with van der Waals surface area (Å²) < 4.78 is 37.4. The van der Waals surface area contributed by atoms with E-state index in [9.17, 15) is 8.42 Å². The molecule has 0 fully saturated rings. The van der Waals surface area contributed by atoms with Gasteiger partial charge in [0.1, 0.15) is 16.4 Å². The van der Waals surface area contributed by atoms with Gasteiger partial charge in [-0.05, 0) is 28.5 Å². The minimum atomic E-state index is -3.73. The van der Waals surface area contributed by atoms with Crippen molar-refractivity contribution in [2.24, 2.45) is 0 Å². The van der Waals surface area contributed by atoms with Crippen molar-refractivity contribution in [2.75, 3.05) is 20.0 Å². The number of hydrogen-bond acceptors (Lipinski definition) is 6. The van der Waals surface area contributed by atoms with Crippen LogP contribution in [-0.4, -0.2) is 22.6 Å². The average molecular weight is 328 g/mol. The van der Waals surface area contributed by atoms with Crippen LogP contribution in [0.25, 0.3) is 0 Å². The van der Waals surface area contributed by atoms with Crippen LogP contribution in [0.5, 0.6) is 11.5 Å². The summed E-state index contributed by atoms with van der Waals surface area (Å²) in [6, 6.07) is 4.63. The Balaban J connectivity index is 2.32. The molecule has 1 aromatic carbocycles. The number of methoxy groups -OCH3 is 2. The monoisotopic (exact) mass is 328 g/mol. The number of nitrogens with one attached hydrogen (secondary N) is 1. The number of thiophene rings is 1. The molecule has 0 aliphatic heterocycles. The van der Waals surface area contributed by atoms with E-state index in [2.05, 4.69) is 4.72 Å². The van der Waals surface area contributed by atoms with Crippen molar-refractivity contribution in [3.8, 4) is 11.5 Å². The topological polar surface area (TPSA) is 90.6 Å². The van der Waals surface area contributed by atoms with Crippen LogP contribution >= 0.6 is 11.3 Å². The van der Waals surface area contributed by atoms with Crippen LogP contribution in [-0.2, 0) is 16.6 Å². The number of ether oxygens (including phenoxy) is 2. The van der Waals surface area contributed by atoms with Gasteiger partial charge in [-0.3, -0.25) is 0 Å². The Hall–Kier alpha value is -1.77. The van der Waals surface area contributed by atoms with Crippen molar-refractivity contribution in [3.63, 3.8) is 0 Å². The van der Waals surface area contributed by atoms with Crippen LogP contribution in [0.3, 0.4) is 0 Å². The molecule has 1 heterocycles. The van der Waals surface area contributed by atoms with E-state index < -0.39 is 10.0 Å². The molecule has 2 rings (SSSR count). The smallest absolute Gasteiger partial charge is 0.244 e. The van der Waals surface area contributed by atoms with Gasteiger partial charge in [0.05, 0.1) is 19.9 Å². The fourth-order valence-electron chi connectivity index (χ4n) is 1.75. The molecule has 0 atom stereocenters. The third-order valence-corrected chi connectivity index (χ3v) is 5.01. The maximum atomic E-state index is 12.4. The Morgan fingerprint density at radius 2 is 1.95 bits per heavy atom. The number of sulfonamides is 1. The number of hydrogen-bond donors (Lipinski definition) is 2. The summed E-state index contributed by atoms with van der Waals surface area (Å²) in [5, 5.41) is 3.76. The Bertz CT molecular complexity index is 712. The molecule has 0 saturated heterocycles. The van der Waals surface area contributed by atoms with Gasteiger partial charge in [-0.2, -0.15) is 11.3 Å². The zero-order chi connectivity index (χ0) is 15.5. The van der Waals surface area contributed by atoms with E-state index in [-0.39, 0.29) is 22.9 Å². The standard InChI is InChI=1S/C13H16N2O4S2/c1-18-11-6-12(19-2)13(5-10(11)14)21(16,17)15-7-9-3-4-20-8-9/h3-6,8,15H,7,14H2,1-2H3. The second kappa shape index (κ2) is 6.33. The summed E-state index contributed by atoms with van der Waals surface area (Å²) in [4.78, 5) is -0.0153. The molecule has 3 N–H and O–H groups in total. The van der Waals surface area contributed by atoms with E-state index >= 15 is 0 Å². The van der Waals surface area contributed by atoms with Gasteiger partial charge in [0, 0.05) is 12.6 Å². The lowest BCUT2D eigenvalue weighted by molar-refractivity contribution is 0.387. The summed E-state index contributed by atoms with van der Waals surface area (Å²) in [5.74, 6) is 0.544. The van der Waals surface area contributed by atoms with Crippen molar-refractivity contribution in [2.45, 2.75) is 11.4 Å². The SMILES string of the molecule is COc1cc(OC)c(S(=O)(=O)NCc2ccsc2)cc1N. The lowest BCUT2D eigenvalue weighted by Gasteiger charge is -2.13. The Morgan fingerprint density at radius 1 is 1.24 bits per heavy atom. The van der Waals surface area contributed by atoms with Crippen LogP contribution < -0.4 is 19.9 Å². The van der Waals surface area contributed by atoms with E-state index in [1.165, 1.54) is 37.7 Å². The average Bonchev–Trinajstić information content (AvgIpc) is 2.98. The molecule has 6 nitrogen and oxygen atoms in total. The quantitative estimate of drug-likeness (QED) is 0.790. The van der Waals surface area contributed by atoms with Crippen molar-refractivity contribution in [1.29, 1.82) is 0 Å². The maximum Gasteiger partial charge on any atom is 0.244 e. The first-order valence-electron chi connectivity index (χ1n) is 6.00. The Kier molecular flexibility index (Phi) is 4.71. The molecule has 21 heavy (non-hydrogen) atoms. The highest BCUT2D eigenvalue weighted by Gasteiger charge is 2.21. The minimum Gasteiger partial charge on any atom is -0.495 e. The second-order valence-corrected chi connectivity index (χ2v) is 6.72. The van der Waals surface area contributed by atoms with Gasteiger partial charge in [0.2, 0.25) is 10.0 Å². The molecule has 8 heteroatoms. The van der Waals surface area contributed by atoms with Gasteiger partial charge < -0.3 is 15.2 Å². The molecule has 0 amide bonds. The number of nitrogens with two attached hydrogens (primary N) is 1. The third kappa shape index (κ3) is 3.46. The molecule has 0 aliphatic carbocycles. The Morgan fingerprint density at radius 3 is 2.52 bits per heavy atom. The number of benzene rings is 1. The van der Waals surface area contributed by atoms with E-state index in [0.29, 0.717) is 5.75 Å². The Labute approximate surface area is 127 Å². The van der Waals surface area contributed by atoms with Crippen molar-refractivity contribution in [1.82, 2.24) is 4.72 Å². The zero-order valence-corrected chi connectivity index (χ0v) is 13.3. The summed E-state index contributed by atoms with van der Waals surface area (Å²) >= 11 is 1.50. The lowest BCUT2D eigenvalue weighted by Crippen LogP contribution is -2.23. The number of nitrogen functional groups attached to an aromatic ring is 1. The zero-order valence-electron chi connectivity index (χ0n) is 11.6. The predicted octanol–water partition coefficient (Wildman–Crippen LogP) is 1.83. The fourth-order valence-corrected chi connectivity index (χ4v) is 3.62. The molecular weight excluding hydrogens is 312 g/mol. The second-order valence-electron chi connectivity index (χ2n) is 4.20. The van der Waals surface area contributed by atoms with E-state index in [1.54, 1.807) is 0 Å². The molecule has 2 aromatic rings. The van der Waals surface area contributed by atoms with Crippen molar-refractivity contribution >= 4 is 27.0 Å². The van der Waals surface area contributed by atoms with E-state index in [0.717, 1.165) is 5.56 Å². The molecule has 0 bridgehead atoms. The highest BCUT2D eigenvalue weighted by atomic mass is 32.2. The maximum absolute atomic E-state index is 12.4. The lowest BCUT2D eigenvalue weighted by atomic mass is 10.3. The highest BCUT2D eigenvalue weighted by molar-refractivity contribution is 7.89. The van der Waals surface area contributed by atoms with Crippen molar-refractivity contribution < 1.29 is 17.9 Å². The molecule has 0 spiro atoms. The van der Waals surface area contributed by atoms with Crippen LogP contribution in [0.4, 0.5) is 5.69 Å². The van der Waals surface area contributed by atoms with Crippen LogP contribution in [0, 0.1) is 0 Å². The molecule has 0 saturated carbocycles. The van der Waals surface area contributed by atoms with E-state index in [1.807, 2.05) is 16.8 Å². The molecule has 0 unspecified atom stereocenters. The number of rotatable bonds is 6. The molecule has 1 aromatic heterocycles. The summed E-state index contributed by atoms with van der Waals surface area (Å²) in [5.41, 5.74) is 6.90.